The van der Waals surface area contributed by atoms with Crippen molar-refractivity contribution in [1.29, 1.82) is 0 Å². The lowest BCUT2D eigenvalue weighted by atomic mass is 9.83. The lowest BCUT2D eigenvalue weighted by molar-refractivity contribution is -0.237. The Morgan fingerprint density at radius 2 is 1.38 bits per heavy atom. The minimum atomic E-state index is -0.863. The van der Waals surface area contributed by atoms with Gasteiger partial charge in [-0.25, -0.2) is 9.59 Å². The molecule has 0 aromatic heterocycles. The molecule has 10 nitrogen and oxygen atoms in total. The van der Waals surface area contributed by atoms with Crippen LogP contribution in [0.3, 0.4) is 0 Å². The molecule has 258 valence electrons. The van der Waals surface area contributed by atoms with Gasteiger partial charge in [-0.05, 0) is 40.0 Å². The number of carbonyl (C=O) groups excluding carboxylic acids is 4. The number of likely N-dealkylation sites (N-methyl/N-ethyl adjacent to an activating group) is 2. The molecular weight excluding hydrogens is 600 g/mol. The molecule has 1 N–H and O–H groups in total. The average molecular weight is 653 g/mol. The van der Waals surface area contributed by atoms with Gasteiger partial charge in [-0.15, -0.1) is 0 Å². The van der Waals surface area contributed by atoms with E-state index in [0.717, 1.165) is 22.3 Å². The summed E-state index contributed by atoms with van der Waals surface area (Å²) in [6, 6.07) is 14.9. The van der Waals surface area contributed by atoms with Gasteiger partial charge in [-0.2, -0.15) is 5.26 Å². The van der Waals surface area contributed by atoms with E-state index in [2.05, 4.69) is 29.2 Å². The largest absolute Gasteiger partial charge is 0.448 e. The van der Waals surface area contributed by atoms with Crippen molar-refractivity contribution in [3.05, 3.63) is 59.7 Å². The van der Waals surface area contributed by atoms with Crippen molar-refractivity contribution in [2.75, 3.05) is 27.8 Å². The van der Waals surface area contributed by atoms with Crippen LogP contribution in [0.1, 0.15) is 77.8 Å². The summed E-state index contributed by atoms with van der Waals surface area (Å²) in [7, 11) is 4.67. The minimum Gasteiger partial charge on any atom is -0.448 e. The summed E-state index contributed by atoms with van der Waals surface area (Å²) in [5.74, 6) is -2.64. The average Bonchev–Trinajstić information content (AvgIpc) is 3.38. The number of hydrogen-bond acceptors (Lipinski definition) is 8. The monoisotopic (exact) mass is 652 g/mol. The number of carbonyl (C=O) groups is 4. The van der Waals surface area contributed by atoms with E-state index in [1.165, 1.54) is 12.0 Å². The van der Waals surface area contributed by atoms with E-state index in [9.17, 15) is 19.2 Å². The van der Waals surface area contributed by atoms with Gasteiger partial charge < -0.3 is 24.2 Å². The van der Waals surface area contributed by atoms with Gasteiger partial charge in [0, 0.05) is 39.5 Å². The molecule has 0 spiro atoms. The molecule has 0 saturated heterocycles. The van der Waals surface area contributed by atoms with Crippen LogP contribution < -0.4 is 0 Å². The number of rotatable bonds is 16. The fourth-order valence-electron chi connectivity index (χ4n) is 6.98. The molecule has 0 heterocycles. The van der Waals surface area contributed by atoms with Crippen molar-refractivity contribution in [3.63, 3.8) is 0 Å². The van der Waals surface area contributed by atoms with E-state index in [4.69, 9.17) is 14.7 Å². The first-order valence-corrected chi connectivity index (χ1v) is 16.5. The first-order chi connectivity index (χ1) is 22.3. The normalized spacial score (nSPS) is 15.7. The van der Waals surface area contributed by atoms with E-state index in [0.29, 0.717) is 6.42 Å². The quantitative estimate of drug-likeness (QED) is 0.163. The van der Waals surface area contributed by atoms with Crippen LogP contribution in [0, 0.1) is 23.7 Å². The van der Waals surface area contributed by atoms with E-state index < -0.39 is 36.2 Å². The van der Waals surface area contributed by atoms with Crippen LogP contribution in [0.15, 0.2) is 48.5 Å². The third-order valence-corrected chi connectivity index (χ3v) is 9.72. The molecule has 47 heavy (non-hydrogen) atoms. The van der Waals surface area contributed by atoms with E-state index >= 15 is 0 Å². The van der Waals surface area contributed by atoms with Gasteiger partial charge in [0.1, 0.15) is 6.61 Å². The summed E-state index contributed by atoms with van der Waals surface area (Å²) in [6.45, 7) is 11.6. The Morgan fingerprint density at radius 3 is 1.85 bits per heavy atom. The number of ketones is 1. The van der Waals surface area contributed by atoms with Crippen molar-refractivity contribution in [2.24, 2.45) is 23.7 Å². The highest BCUT2D eigenvalue weighted by Crippen LogP contribution is 2.44. The molecular formula is C37H52N2O8. The molecule has 2 aromatic carbocycles. The molecule has 0 aliphatic heterocycles. The Bertz CT molecular complexity index is 1350. The molecule has 5 atom stereocenters. The number of nitrogens with zero attached hydrogens (tertiary/aromatic N) is 2. The number of Topliss-reactive ketones (excluding diaryl/α,β-unsaturated/α-hetero) is 1. The molecule has 0 fully saturated rings. The number of hydrogen-bond donors (Lipinski definition) is 1. The van der Waals surface area contributed by atoms with Crippen LogP contribution in [-0.2, 0) is 28.7 Å². The Labute approximate surface area is 279 Å². The number of ether oxygens (including phenoxy) is 2. The second-order valence-corrected chi connectivity index (χ2v) is 13.4. The third-order valence-electron chi connectivity index (χ3n) is 9.72. The summed E-state index contributed by atoms with van der Waals surface area (Å²) < 4.78 is 11.5. The first-order valence-electron chi connectivity index (χ1n) is 16.5. The zero-order chi connectivity index (χ0) is 35.0. The fraction of sp³-hybridized carbons (Fsp3) is 0.568. The van der Waals surface area contributed by atoms with Crippen LogP contribution in [0.5, 0.6) is 0 Å². The summed E-state index contributed by atoms with van der Waals surface area (Å²) in [4.78, 5) is 60.2. The van der Waals surface area contributed by atoms with E-state index in [1.54, 1.807) is 19.0 Å². The zero-order valence-electron chi connectivity index (χ0n) is 29.3. The minimum absolute atomic E-state index is 0.0629. The molecule has 0 bridgehead atoms. The number of amides is 2. The third kappa shape index (κ3) is 8.59. The summed E-state index contributed by atoms with van der Waals surface area (Å²) in [5.41, 5.74) is 4.45. The standard InChI is InChI=1S/C37H52N2O8/c1-10-24(6)35(32(45-9)20-33(41)47-44)38(7)36(42)29(22(2)3)19-31(40)34(23(4)5)39(8)37(43)46-21-30-27-17-13-11-15-25(27)26-16-12-14-18-28(26)30/h11-18,22-24,29-30,32,34-35,44H,10,19-21H2,1-9H3/t24-,29-,32+,34-,35-/m0/s1. The smallest absolute Gasteiger partial charge is 0.410 e. The van der Waals surface area contributed by atoms with E-state index in [1.807, 2.05) is 65.8 Å². The maximum absolute atomic E-state index is 14.1. The van der Waals surface area contributed by atoms with Gasteiger partial charge >= 0.3 is 12.1 Å². The van der Waals surface area contributed by atoms with Crippen molar-refractivity contribution < 1.29 is 38.8 Å². The van der Waals surface area contributed by atoms with Crippen molar-refractivity contribution in [2.45, 2.75) is 84.9 Å². The molecule has 0 unspecified atom stereocenters. The molecule has 2 aromatic rings. The number of methoxy groups -OCH3 is 1. The van der Waals surface area contributed by atoms with Crippen LogP contribution in [-0.4, -0.2) is 84.8 Å². The van der Waals surface area contributed by atoms with Crippen LogP contribution >= 0.6 is 0 Å². The second-order valence-electron chi connectivity index (χ2n) is 13.4. The molecule has 0 radical (unpaired) electrons. The van der Waals surface area contributed by atoms with Crippen LogP contribution in [0.2, 0.25) is 0 Å². The molecule has 0 saturated carbocycles. The molecule has 3 rings (SSSR count). The summed E-state index contributed by atoms with van der Waals surface area (Å²) >= 11 is 0. The predicted molar refractivity (Wildman–Crippen MR) is 180 cm³/mol. The number of benzene rings is 2. The van der Waals surface area contributed by atoms with E-state index in [-0.39, 0.29) is 54.8 Å². The van der Waals surface area contributed by atoms with Gasteiger partial charge in [0.25, 0.3) is 0 Å². The number of fused-ring (bicyclic) bond motifs is 3. The molecule has 1 aliphatic carbocycles. The van der Waals surface area contributed by atoms with Gasteiger partial charge in [0.05, 0.1) is 24.6 Å². The maximum Gasteiger partial charge on any atom is 0.410 e. The van der Waals surface area contributed by atoms with Crippen molar-refractivity contribution >= 4 is 23.8 Å². The molecule has 1 aliphatic rings. The Kier molecular flexibility index (Phi) is 13.5. The van der Waals surface area contributed by atoms with Gasteiger partial charge in [0.2, 0.25) is 5.91 Å². The summed E-state index contributed by atoms with van der Waals surface area (Å²) in [6.07, 6.45) is -0.953. The zero-order valence-corrected chi connectivity index (χ0v) is 29.3. The first kappa shape index (κ1) is 37.7. The SMILES string of the molecule is CC[C@H](C)[C@@H]([C@@H](CC(=O)OO)OC)N(C)C(=O)[C@@H](CC(=O)[C@H](C(C)C)N(C)C(=O)OCC1c2ccccc2-c2ccccc21)C(C)C. The van der Waals surface area contributed by atoms with Crippen LogP contribution in [0.25, 0.3) is 11.1 Å². The predicted octanol–water partition coefficient (Wildman–Crippen LogP) is 6.42. The van der Waals surface area contributed by atoms with Gasteiger partial charge in [-0.3, -0.25) is 9.59 Å². The molecule has 2 amide bonds. The van der Waals surface area contributed by atoms with Gasteiger partial charge in [-0.1, -0.05) is 96.5 Å². The lowest BCUT2D eigenvalue weighted by Crippen LogP contribution is -2.53. The highest BCUT2D eigenvalue weighted by Gasteiger charge is 2.40. The van der Waals surface area contributed by atoms with Crippen molar-refractivity contribution in [1.82, 2.24) is 9.80 Å². The topological polar surface area (TPSA) is 123 Å². The Balaban J connectivity index is 1.76. The second kappa shape index (κ2) is 16.9. The van der Waals surface area contributed by atoms with Crippen molar-refractivity contribution in [3.8, 4) is 11.1 Å². The lowest BCUT2D eigenvalue weighted by Gasteiger charge is -2.39. The van der Waals surface area contributed by atoms with Crippen LogP contribution in [0.4, 0.5) is 4.79 Å². The fourth-order valence-corrected chi connectivity index (χ4v) is 6.98. The molecule has 10 heteroatoms. The highest BCUT2D eigenvalue weighted by atomic mass is 17.1. The Morgan fingerprint density at radius 1 is 0.830 bits per heavy atom. The van der Waals surface area contributed by atoms with Gasteiger partial charge in [0.15, 0.2) is 5.78 Å². The highest BCUT2D eigenvalue weighted by molar-refractivity contribution is 5.92. The maximum atomic E-state index is 14.1. The Hall–Kier alpha value is -3.76. The summed E-state index contributed by atoms with van der Waals surface area (Å²) in [5, 5.41) is 8.85.